The first-order chi connectivity index (χ1) is 13.6. The van der Waals surface area contributed by atoms with Gasteiger partial charge >= 0.3 is 0 Å². The molecular formula is C22H25N3O2S. The van der Waals surface area contributed by atoms with Crippen LogP contribution in [0.25, 0.3) is 0 Å². The van der Waals surface area contributed by atoms with Crippen molar-refractivity contribution in [3.63, 3.8) is 0 Å². The van der Waals surface area contributed by atoms with Crippen molar-refractivity contribution in [3.8, 4) is 6.07 Å². The number of benzene rings is 2. The molecule has 28 heavy (non-hydrogen) atoms. The van der Waals surface area contributed by atoms with E-state index in [1.165, 1.54) is 17.5 Å². The highest BCUT2D eigenvalue weighted by Crippen LogP contribution is 2.26. The van der Waals surface area contributed by atoms with E-state index in [2.05, 4.69) is 11.0 Å². The highest BCUT2D eigenvalue weighted by molar-refractivity contribution is 7.89. The number of nitriles is 1. The zero-order valence-electron chi connectivity index (χ0n) is 16.0. The van der Waals surface area contributed by atoms with E-state index in [0.717, 1.165) is 24.8 Å². The van der Waals surface area contributed by atoms with Gasteiger partial charge in [-0.1, -0.05) is 24.3 Å². The summed E-state index contributed by atoms with van der Waals surface area (Å²) in [6.45, 7) is 2.98. The highest BCUT2D eigenvalue weighted by Gasteiger charge is 2.29. The second kappa shape index (κ2) is 8.04. The van der Waals surface area contributed by atoms with Crippen molar-refractivity contribution >= 4 is 10.0 Å². The Morgan fingerprint density at radius 3 is 2.39 bits per heavy atom. The van der Waals surface area contributed by atoms with E-state index in [9.17, 15) is 13.7 Å². The molecule has 0 bridgehead atoms. The normalized spacial score (nSPS) is 18.4. The van der Waals surface area contributed by atoms with Crippen molar-refractivity contribution < 1.29 is 8.42 Å². The molecule has 0 atom stereocenters. The molecule has 0 radical (unpaired) electrons. The Balaban J connectivity index is 1.44. The van der Waals surface area contributed by atoms with Crippen molar-refractivity contribution in [3.05, 3.63) is 64.7 Å². The third-order valence-electron chi connectivity index (χ3n) is 5.82. The lowest BCUT2D eigenvalue weighted by Crippen LogP contribution is -2.48. The molecule has 2 aliphatic rings. The molecule has 0 amide bonds. The Kier molecular flexibility index (Phi) is 5.49. The van der Waals surface area contributed by atoms with Crippen LogP contribution in [0.1, 0.15) is 35.1 Å². The lowest BCUT2D eigenvalue weighted by Gasteiger charge is -2.34. The third-order valence-corrected chi connectivity index (χ3v) is 7.72. The fraction of sp³-hybridized carbons (Fsp3) is 0.409. The minimum absolute atomic E-state index is 0.427. The number of hydrogen-bond donors (Lipinski definition) is 0. The topological polar surface area (TPSA) is 64.4 Å². The van der Waals surface area contributed by atoms with Crippen LogP contribution in [0, 0.1) is 11.3 Å². The van der Waals surface area contributed by atoms with Crippen LogP contribution in [0.2, 0.25) is 0 Å². The second-order valence-corrected chi connectivity index (χ2v) is 9.52. The van der Waals surface area contributed by atoms with Gasteiger partial charge < -0.3 is 0 Å². The Morgan fingerprint density at radius 2 is 1.64 bits per heavy atom. The summed E-state index contributed by atoms with van der Waals surface area (Å²) in [7, 11) is -3.45. The number of hydrogen-bond acceptors (Lipinski definition) is 4. The molecule has 4 rings (SSSR count). The molecule has 6 heteroatoms. The van der Waals surface area contributed by atoms with Crippen LogP contribution in [-0.4, -0.2) is 43.8 Å². The molecular weight excluding hydrogens is 370 g/mol. The van der Waals surface area contributed by atoms with E-state index in [1.54, 1.807) is 10.4 Å². The van der Waals surface area contributed by atoms with Crippen molar-refractivity contribution in [2.24, 2.45) is 0 Å². The molecule has 0 spiro atoms. The summed E-state index contributed by atoms with van der Waals surface area (Å²) in [5, 5.41) is 9.25. The lowest BCUT2D eigenvalue weighted by molar-refractivity contribution is 0.181. The molecule has 2 aromatic rings. The maximum Gasteiger partial charge on any atom is 0.243 e. The molecule has 1 saturated heterocycles. The molecule has 0 N–H and O–H groups in total. The lowest BCUT2D eigenvalue weighted by atomic mass is 9.92. The third kappa shape index (κ3) is 3.83. The van der Waals surface area contributed by atoms with E-state index >= 15 is 0 Å². The average Bonchev–Trinajstić information content (AvgIpc) is 2.74. The molecule has 1 heterocycles. The van der Waals surface area contributed by atoms with Crippen LogP contribution in [0.3, 0.4) is 0 Å². The van der Waals surface area contributed by atoms with Gasteiger partial charge in [0.05, 0.1) is 16.5 Å². The monoisotopic (exact) mass is 395 g/mol. The van der Waals surface area contributed by atoms with Crippen molar-refractivity contribution in [1.82, 2.24) is 9.21 Å². The standard InChI is InChI=1S/C22H25N3O2S/c23-16-20-7-3-4-8-21(20)17-24-11-13-25(14-12-24)28(26,27)22-10-9-18-5-1-2-6-19(18)15-22/h3-4,7-10,15H,1-2,5-6,11-14,17H2. The summed E-state index contributed by atoms with van der Waals surface area (Å²) < 4.78 is 27.8. The number of piperazine rings is 1. The Hall–Kier alpha value is -2.20. The predicted octanol–water partition coefficient (Wildman–Crippen LogP) is 2.94. The van der Waals surface area contributed by atoms with E-state index < -0.39 is 10.0 Å². The van der Waals surface area contributed by atoms with Gasteiger partial charge in [-0.3, -0.25) is 4.90 Å². The fourth-order valence-corrected chi connectivity index (χ4v) is 5.63. The Labute approximate surface area is 167 Å². The second-order valence-electron chi connectivity index (χ2n) is 7.59. The molecule has 0 saturated carbocycles. The predicted molar refractivity (Wildman–Crippen MR) is 108 cm³/mol. The fourth-order valence-electron chi connectivity index (χ4n) is 4.16. The van der Waals surface area contributed by atoms with Gasteiger partial charge in [-0.2, -0.15) is 9.57 Å². The average molecular weight is 396 g/mol. The molecule has 2 aromatic carbocycles. The van der Waals surface area contributed by atoms with Crippen molar-refractivity contribution in [2.45, 2.75) is 37.1 Å². The van der Waals surface area contributed by atoms with E-state index in [4.69, 9.17) is 0 Å². The Bertz CT molecular complexity index is 1000. The van der Waals surface area contributed by atoms with Crippen LogP contribution in [0.15, 0.2) is 47.4 Å². The first kappa shape index (κ1) is 19.1. The zero-order valence-corrected chi connectivity index (χ0v) is 16.8. The van der Waals surface area contributed by atoms with Gasteiger partial charge in [-0.25, -0.2) is 8.42 Å². The van der Waals surface area contributed by atoms with Gasteiger partial charge in [-0.15, -0.1) is 0 Å². The van der Waals surface area contributed by atoms with Crippen LogP contribution >= 0.6 is 0 Å². The van der Waals surface area contributed by atoms with Crippen LogP contribution < -0.4 is 0 Å². The number of rotatable bonds is 4. The van der Waals surface area contributed by atoms with Crippen molar-refractivity contribution in [2.75, 3.05) is 26.2 Å². The number of fused-ring (bicyclic) bond motifs is 1. The molecule has 1 aliphatic carbocycles. The summed E-state index contributed by atoms with van der Waals surface area (Å²) >= 11 is 0. The van der Waals surface area contributed by atoms with Gasteiger partial charge in [0, 0.05) is 32.7 Å². The summed E-state index contributed by atoms with van der Waals surface area (Å²) in [5.41, 5.74) is 4.17. The zero-order chi connectivity index (χ0) is 19.6. The summed E-state index contributed by atoms with van der Waals surface area (Å²) in [5.74, 6) is 0. The summed E-state index contributed by atoms with van der Waals surface area (Å²) in [6.07, 6.45) is 4.36. The summed E-state index contributed by atoms with van der Waals surface area (Å²) in [4.78, 5) is 2.64. The number of nitrogens with zero attached hydrogens (tertiary/aromatic N) is 3. The highest BCUT2D eigenvalue weighted by atomic mass is 32.2. The minimum Gasteiger partial charge on any atom is -0.296 e. The number of sulfonamides is 1. The van der Waals surface area contributed by atoms with Gasteiger partial charge in [0.15, 0.2) is 0 Å². The maximum absolute atomic E-state index is 13.1. The smallest absolute Gasteiger partial charge is 0.243 e. The molecule has 0 unspecified atom stereocenters. The van der Waals surface area contributed by atoms with E-state index in [0.29, 0.717) is 43.2 Å². The first-order valence-electron chi connectivity index (χ1n) is 9.90. The van der Waals surface area contributed by atoms with Gasteiger partial charge in [0.25, 0.3) is 0 Å². The number of aryl methyl sites for hydroxylation is 2. The SMILES string of the molecule is N#Cc1ccccc1CN1CCN(S(=O)(=O)c2ccc3c(c2)CCCC3)CC1. The quantitative estimate of drug-likeness (QED) is 0.798. The molecule has 146 valence electrons. The Morgan fingerprint density at radius 1 is 0.929 bits per heavy atom. The molecule has 1 aliphatic heterocycles. The largest absolute Gasteiger partial charge is 0.296 e. The van der Waals surface area contributed by atoms with Crippen LogP contribution in [-0.2, 0) is 29.4 Å². The van der Waals surface area contributed by atoms with Gasteiger partial charge in [0.2, 0.25) is 10.0 Å². The van der Waals surface area contributed by atoms with E-state index in [-0.39, 0.29) is 0 Å². The van der Waals surface area contributed by atoms with Gasteiger partial charge in [0.1, 0.15) is 0 Å². The van der Waals surface area contributed by atoms with Crippen LogP contribution in [0.5, 0.6) is 0 Å². The molecule has 0 aromatic heterocycles. The van der Waals surface area contributed by atoms with Crippen molar-refractivity contribution in [1.29, 1.82) is 5.26 Å². The van der Waals surface area contributed by atoms with Crippen LogP contribution in [0.4, 0.5) is 0 Å². The summed E-state index contributed by atoms with van der Waals surface area (Å²) in [6, 6.07) is 15.5. The van der Waals surface area contributed by atoms with Gasteiger partial charge in [-0.05, 0) is 60.6 Å². The minimum atomic E-state index is -3.45. The molecule has 1 fully saturated rings. The first-order valence-corrected chi connectivity index (χ1v) is 11.3. The molecule has 5 nitrogen and oxygen atoms in total. The maximum atomic E-state index is 13.1. The van der Waals surface area contributed by atoms with E-state index in [1.807, 2.05) is 36.4 Å².